The molecular weight excluding hydrogens is 374 g/mol. The second-order valence-corrected chi connectivity index (χ2v) is 7.71. The van der Waals surface area contributed by atoms with Crippen LogP contribution in [0.1, 0.15) is 41.9 Å². The molecule has 0 aliphatic heterocycles. The number of halogens is 1. The first kappa shape index (κ1) is 18.6. The van der Waals surface area contributed by atoms with Gasteiger partial charge in [-0.15, -0.1) is 0 Å². The Kier molecular flexibility index (Phi) is 4.90. The van der Waals surface area contributed by atoms with Gasteiger partial charge in [0.1, 0.15) is 23.2 Å². The topological polar surface area (TPSA) is 56.3 Å². The second-order valence-electron chi connectivity index (χ2n) is 7.28. The maximum Gasteiger partial charge on any atom is 0.219 e. The summed E-state index contributed by atoms with van der Waals surface area (Å²) >= 11 is 6.02. The number of hydrogen-bond acceptors (Lipinski definition) is 4. The number of rotatable bonds is 3. The molecule has 142 valence electrons. The Morgan fingerprint density at radius 2 is 1.64 bits per heavy atom. The van der Waals surface area contributed by atoms with E-state index in [0.29, 0.717) is 35.9 Å². The lowest BCUT2D eigenvalue weighted by atomic mass is 9.78. The van der Waals surface area contributed by atoms with Crippen molar-refractivity contribution in [3.05, 3.63) is 64.2 Å². The number of Topliss-reactive ketones (excluding diaryl/α,β-unsaturated/α-hetero) is 2. The maximum atomic E-state index is 12.4. The Labute approximate surface area is 168 Å². The first-order valence-electron chi connectivity index (χ1n) is 9.33. The number of ether oxygens (including phenoxy) is 1. The number of fused-ring (bicyclic) bond motifs is 1. The van der Waals surface area contributed by atoms with Crippen LogP contribution in [0, 0.1) is 13.8 Å². The fraction of sp³-hybridized carbons (Fsp3) is 0.261. The van der Waals surface area contributed by atoms with E-state index in [2.05, 4.69) is 4.98 Å². The zero-order valence-electron chi connectivity index (χ0n) is 15.8. The molecule has 1 aromatic heterocycles. The van der Waals surface area contributed by atoms with Crippen LogP contribution in [0.15, 0.2) is 42.5 Å². The molecule has 3 aromatic rings. The molecule has 4 nitrogen and oxygen atoms in total. The normalized spacial score (nSPS) is 15.2. The minimum absolute atomic E-state index is 0.0194. The molecule has 0 atom stereocenters. The molecule has 28 heavy (non-hydrogen) atoms. The van der Waals surface area contributed by atoms with Gasteiger partial charge in [0.15, 0.2) is 0 Å². The van der Waals surface area contributed by atoms with Gasteiger partial charge in [-0.1, -0.05) is 11.6 Å². The molecule has 1 saturated carbocycles. The van der Waals surface area contributed by atoms with Crippen LogP contribution in [-0.4, -0.2) is 16.6 Å². The van der Waals surface area contributed by atoms with Gasteiger partial charge in [-0.05, 0) is 73.4 Å². The van der Waals surface area contributed by atoms with Crippen molar-refractivity contribution in [3.8, 4) is 11.6 Å². The molecule has 0 radical (unpaired) electrons. The molecule has 5 heteroatoms. The molecule has 2 aromatic carbocycles. The largest absolute Gasteiger partial charge is 0.439 e. The van der Waals surface area contributed by atoms with Crippen molar-refractivity contribution in [2.45, 2.75) is 39.0 Å². The summed E-state index contributed by atoms with van der Waals surface area (Å²) in [5, 5.41) is 1.61. The van der Waals surface area contributed by atoms with E-state index < -0.39 is 5.92 Å². The predicted molar refractivity (Wildman–Crippen MR) is 109 cm³/mol. The van der Waals surface area contributed by atoms with Gasteiger partial charge in [-0.25, -0.2) is 4.98 Å². The Morgan fingerprint density at radius 1 is 0.964 bits per heavy atom. The summed E-state index contributed by atoms with van der Waals surface area (Å²) in [5.41, 5.74) is 3.39. The highest BCUT2D eigenvalue weighted by molar-refractivity contribution is 6.31. The van der Waals surface area contributed by atoms with Gasteiger partial charge in [0.05, 0.1) is 5.52 Å². The third-order valence-corrected chi connectivity index (χ3v) is 5.43. The second kappa shape index (κ2) is 7.36. The third kappa shape index (κ3) is 3.52. The van der Waals surface area contributed by atoms with Crippen LogP contribution in [0.3, 0.4) is 0 Å². The van der Waals surface area contributed by atoms with Crippen LogP contribution >= 0.6 is 11.6 Å². The van der Waals surface area contributed by atoms with Crippen molar-refractivity contribution in [3.63, 3.8) is 0 Å². The number of benzene rings is 2. The van der Waals surface area contributed by atoms with Gasteiger partial charge >= 0.3 is 0 Å². The SMILES string of the molecule is Cc1cc(Oc2ccc3cc(Cl)ccc3n2)cc(C)c1C1C(=O)CCCC1=O. The van der Waals surface area contributed by atoms with E-state index in [9.17, 15) is 9.59 Å². The first-order chi connectivity index (χ1) is 13.4. The lowest BCUT2D eigenvalue weighted by Crippen LogP contribution is -2.27. The van der Waals surface area contributed by atoms with Gasteiger partial charge in [0, 0.05) is 29.3 Å². The fourth-order valence-electron chi connectivity index (χ4n) is 3.93. The molecule has 0 amide bonds. The monoisotopic (exact) mass is 393 g/mol. The van der Waals surface area contributed by atoms with Crippen molar-refractivity contribution in [2.24, 2.45) is 0 Å². The van der Waals surface area contributed by atoms with Crippen molar-refractivity contribution in [2.75, 3.05) is 0 Å². The summed E-state index contributed by atoms with van der Waals surface area (Å²) in [6.07, 6.45) is 1.60. The minimum Gasteiger partial charge on any atom is -0.439 e. The van der Waals surface area contributed by atoms with Crippen LogP contribution < -0.4 is 4.74 Å². The van der Waals surface area contributed by atoms with Crippen molar-refractivity contribution in [1.29, 1.82) is 0 Å². The standard InChI is InChI=1S/C23H20ClNO3/c1-13-10-17(11-14(2)22(13)23-19(26)4-3-5-20(23)27)28-21-9-6-15-12-16(24)7-8-18(15)25-21/h6-12,23H,3-5H2,1-2H3. The number of hydrogen-bond donors (Lipinski definition) is 0. The molecule has 1 aliphatic carbocycles. The van der Waals surface area contributed by atoms with Gasteiger partial charge in [0.2, 0.25) is 5.88 Å². The summed E-state index contributed by atoms with van der Waals surface area (Å²) < 4.78 is 5.96. The highest BCUT2D eigenvalue weighted by Gasteiger charge is 2.33. The smallest absolute Gasteiger partial charge is 0.219 e. The van der Waals surface area contributed by atoms with Gasteiger partial charge in [0.25, 0.3) is 0 Å². The molecule has 0 N–H and O–H groups in total. The Morgan fingerprint density at radius 3 is 2.32 bits per heavy atom. The molecule has 1 aliphatic rings. The van der Waals surface area contributed by atoms with Crippen molar-refractivity contribution >= 4 is 34.1 Å². The molecule has 0 bridgehead atoms. The summed E-state index contributed by atoms with van der Waals surface area (Å²) in [6.45, 7) is 3.83. The number of nitrogens with zero attached hydrogens (tertiary/aromatic N) is 1. The number of aryl methyl sites for hydroxylation is 2. The Bertz CT molecular complexity index is 1070. The molecule has 1 fully saturated rings. The average molecular weight is 394 g/mol. The maximum absolute atomic E-state index is 12.4. The molecular formula is C23H20ClNO3. The zero-order valence-corrected chi connectivity index (χ0v) is 16.5. The number of ketones is 2. The van der Waals surface area contributed by atoms with Crippen LogP contribution in [0.5, 0.6) is 11.6 Å². The fourth-order valence-corrected chi connectivity index (χ4v) is 4.11. The van der Waals surface area contributed by atoms with E-state index in [1.54, 1.807) is 12.1 Å². The molecule has 0 saturated heterocycles. The molecule has 0 spiro atoms. The zero-order chi connectivity index (χ0) is 19.8. The predicted octanol–water partition coefficient (Wildman–Crippen LogP) is 5.70. The summed E-state index contributed by atoms with van der Waals surface area (Å²) in [5.74, 6) is 0.518. The Hall–Kier alpha value is -2.72. The summed E-state index contributed by atoms with van der Waals surface area (Å²) in [7, 11) is 0. The van der Waals surface area contributed by atoms with E-state index >= 15 is 0 Å². The highest BCUT2D eigenvalue weighted by atomic mass is 35.5. The van der Waals surface area contributed by atoms with Gasteiger partial charge < -0.3 is 4.74 Å². The van der Waals surface area contributed by atoms with E-state index in [-0.39, 0.29) is 11.6 Å². The third-order valence-electron chi connectivity index (χ3n) is 5.19. The first-order valence-corrected chi connectivity index (χ1v) is 9.71. The van der Waals surface area contributed by atoms with Crippen molar-refractivity contribution < 1.29 is 14.3 Å². The van der Waals surface area contributed by atoms with E-state index in [0.717, 1.165) is 27.6 Å². The summed E-state index contributed by atoms with van der Waals surface area (Å²) in [6, 6.07) is 12.9. The number of pyridine rings is 1. The molecule has 1 heterocycles. The van der Waals surface area contributed by atoms with Crippen LogP contribution in [0.25, 0.3) is 10.9 Å². The highest BCUT2D eigenvalue weighted by Crippen LogP contribution is 2.35. The number of carbonyl (C=O) groups is 2. The van der Waals surface area contributed by atoms with Crippen LogP contribution in [0.4, 0.5) is 0 Å². The van der Waals surface area contributed by atoms with Gasteiger partial charge in [-0.2, -0.15) is 0 Å². The minimum atomic E-state index is -0.633. The van der Waals surface area contributed by atoms with E-state index in [4.69, 9.17) is 16.3 Å². The average Bonchev–Trinajstić information content (AvgIpc) is 2.63. The van der Waals surface area contributed by atoms with E-state index in [1.807, 2.05) is 44.2 Å². The lowest BCUT2D eigenvalue weighted by molar-refractivity contribution is -0.131. The van der Waals surface area contributed by atoms with Gasteiger partial charge in [-0.3, -0.25) is 9.59 Å². The lowest BCUT2D eigenvalue weighted by Gasteiger charge is -2.23. The van der Waals surface area contributed by atoms with Crippen LogP contribution in [-0.2, 0) is 9.59 Å². The van der Waals surface area contributed by atoms with Crippen molar-refractivity contribution in [1.82, 2.24) is 4.98 Å². The quantitative estimate of drug-likeness (QED) is 0.535. The number of carbonyl (C=O) groups excluding carboxylic acids is 2. The van der Waals surface area contributed by atoms with Crippen LogP contribution in [0.2, 0.25) is 5.02 Å². The Balaban J connectivity index is 1.65. The number of aromatic nitrogens is 1. The van der Waals surface area contributed by atoms with E-state index in [1.165, 1.54) is 0 Å². The molecule has 0 unspecified atom stereocenters. The summed E-state index contributed by atoms with van der Waals surface area (Å²) in [4.78, 5) is 29.2. The molecule has 4 rings (SSSR count).